The molecular formula is C19H30N2O4S. The standard InChI is InChI=1S/C19H30N2O4S/c1-15-8-6-9-16(12-15)14-26(23,24)21-11-7-10-17(13-21)20(5)18(22)25-19(2,3)4/h6,8-9,12,17H,7,10-11,13-14H2,1-5H3. The zero-order valence-corrected chi connectivity index (χ0v) is 17.2. The third-order valence-corrected chi connectivity index (χ3v) is 6.23. The summed E-state index contributed by atoms with van der Waals surface area (Å²) in [5.41, 5.74) is 1.25. The summed E-state index contributed by atoms with van der Waals surface area (Å²) in [4.78, 5) is 13.8. The quantitative estimate of drug-likeness (QED) is 0.802. The van der Waals surface area contributed by atoms with Crippen LogP contribution in [0.15, 0.2) is 24.3 Å². The van der Waals surface area contributed by atoms with Crippen molar-refractivity contribution in [2.24, 2.45) is 0 Å². The van der Waals surface area contributed by atoms with E-state index in [1.807, 2.05) is 52.0 Å². The van der Waals surface area contributed by atoms with Crippen molar-refractivity contribution in [2.45, 2.75) is 57.9 Å². The van der Waals surface area contributed by atoms with E-state index in [9.17, 15) is 13.2 Å². The van der Waals surface area contributed by atoms with Crippen LogP contribution in [0, 0.1) is 6.92 Å². The molecule has 1 aromatic rings. The van der Waals surface area contributed by atoms with Crippen molar-refractivity contribution in [1.82, 2.24) is 9.21 Å². The number of nitrogens with zero attached hydrogens (tertiary/aromatic N) is 2. The van der Waals surface area contributed by atoms with E-state index in [0.717, 1.165) is 24.0 Å². The first-order valence-corrected chi connectivity index (χ1v) is 10.6. The van der Waals surface area contributed by atoms with E-state index in [2.05, 4.69) is 0 Å². The van der Waals surface area contributed by atoms with E-state index < -0.39 is 21.7 Å². The van der Waals surface area contributed by atoms with Gasteiger partial charge in [-0.3, -0.25) is 0 Å². The monoisotopic (exact) mass is 382 g/mol. The number of hydrogen-bond acceptors (Lipinski definition) is 4. The first kappa shape index (κ1) is 20.7. The first-order valence-electron chi connectivity index (χ1n) is 8.97. The number of carbonyl (C=O) groups is 1. The molecule has 26 heavy (non-hydrogen) atoms. The van der Waals surface area contributed by atoms with Gasteiger partial charge in [-0.05, 0) is 46.1 Å². The van der Waals surface area contributed by atoms with Gasteiger partial charge < -0.3 is 9.64 Å². The van der Waals surface area contributed by atoms with Crippen molar-refractivity contribution < 1.29 is 17.9 Å². The van der Waals surface area contributed by atoms with Crippen LogP contribution in [0.4, 0.5) is 4.79 Å². The summed E-state index contributed by atoms with van der Waals surface area (Å²) in [7, 11) is -1.75. The molecule has 0 N–H and O–H groups in total. The molecule has 0 aromatic heterocycles. The molecule has 146 valence electrons. The molecular weight excluding hydrogens is 352 g/mol. The fraction of sp³-hybridized carbons (Fsp3) is 0.632. The van der Waals surface area contributed by atoms with Crippen molar-refractivity contribution >= 4 is 16.1 Å². The number of aryl methyl sites for hydroxylation is 1. The summed E-state index contributed by atoms with van der Waals surface area (Å²) in [6, 6.07) is 7.37. The number of sulfonamides is 1. The summed E-state index contributed by atoms with van der Waals surface area (Å²) in [5, 5.41) is 0. The summed E-state index contributed by atoms with van der Waals surface area (Å²) in [5.74, 6) is -0.0163. The van der Waals surface area contributed by atoms with Crippen LogP contribution in [0.5, 0.6) is 0 Å². The molecule has 2 rings (SSSR count). The minimum absolute atomic E-state index is 0.0163. The Bertz CT molecular complexity index is 740. The predicted octanol–water partition coefficient (Wildman–Crippen LogP) is 3.16. The lowest BCUT2D eigenvalue weighted by Crippen LogP contribution is -2.51. The van der Waals surface area contributed by atoms with E-state index in [0.29, 0.717) is 13.1 Å². The lowest BCUT2D eigenvalue weighted by Gasteiger charge is -2.37. The molecule has 0 aliphatic carbocycles. The molecule has 0 radical (unpaired) electrons. The normalized spacial score (nSPS) is 19.2. The minimum Gasteiger partial charge on any atom is -0.444 e. The highest BCUT2D eigenvalue weighted by Gasteiger charge is 2.33. The number of amides is 1. The fourth-order valence-electron chi connectivity index (χ4n) is 3.08. The Morgan fingerprint density at radius 2 is 2.04 bits per heavy atom. The van der Waals surface area contributed by atoms with Gasteiger partial charge in [0.25, 0.3) is 0 Å². The van der Waals surface area contributed by atoms with E-state index >= 15 is 0 Å². The van der Waals surface area contributed by atoms with Gasteiger partial charge in [-0.25, -0.2) is 13.2 Å². The largest absolute Gasteiger partial charge is 0.444 e. The van der Waals surface area contributed by atoms with Crippen LogP contribution in [0.3, 0.4) is 0 Å². The average Bonchev–Trinajstić information content (AvgIpc) is 2.52. The van der Waals surface area contributed by atoms with E-state index in [-0.39, 0.29) is 11.8 Å². The lowest BCUT2D eigenvalue weighted by molar-refractivity contribution is 0.0173. The molecule has 0 bridgehead atoms. The van der Waals surface area contributed by atoms with E-state index in [1.165, 1.54) is 9.21 Å². The van der Waals surface area contributed by atoms with Crippen LogP contribution in [-0.2, 0) is 20.5 Å². The number of piperidine rings is 1. The van der Waals surface area contributed by atoms with Gasteiger partial charge in [-0.15, -0.1) is 0 Å². The smallest absolute Gasteiger partial charge is 0.410 e. The second kappa shape index (κ2) is 7.96. The maximum absolute atomic E-state index is 12.8. The summed E-state index contributed by atoms with van der Waals surface area (Å²) in [6.07, 6.45) is 1.08. The van der Waals surface area contributed by atoms with Crippen molar-refractivity contribution in [1.29, 1.82) is 0 Å². The summed E-state index contributed by atoms with van der Waals surface area (Å²) in [6.45, 7) is 8.20. The molecule has 6 nitrogen and oxygen atoms in total. The highest BCUT2D eigenvalue weighted by Crippen LogP contribution is 2.22. The third kappa shape index (κ3) is 5.71. The van der Waals surface area contributed by atoms with Gasteiger partial charge in [-0.1, -0.05) is 29.8 Å². The molecule has 1 amide bonds. The van der Waals surface area contributed by atoms with Crippen molar-refractivity contribution in [3.63, 3.8) is 0 Å². The molecule has 0 spiro atoms. The number of carbonyl (C=O) groups excluding carboxylic acids is 1. The molecule has 1 atom stereocenters. The molecule has 1 unspecified atom stereocenters. The molecule has 1 aliphatic rings. The fourth-order valence-corrected chi connectivity index (χ4v) is 4.67. The van der Waals surface area contributed by atoms with Crippen molar-refractivity contribution in [3.8, 4) is 0 Å². The number of hydrogen-bond donors (Lipinski definition) is 0. The van der Waals surface area contributed by atoms with Crippen LogP contribution < -0.4 is 0 Å². The van der Waals surface area contributed by atoms with Crippen molar-refractivity contribution in [3.05, 3.63) is 35.4 Å². The van der Waals surface area contributed by atoms with Crippen LogP contribution in [0.2, 0.25) is 0 Å². The number of rotatable bonds is 4. The molecule has 1 aromatic carbocycles. The topological polar surface area (TPSA) is 66.9 Å². The Morgan fingerprint density at radius 1 is 1.35 bits per heavy atom. The molecule has 1 fully saturated rings. The second-order valence-corrected chi connectivity index (χ2v) is 9.96. The number of likely N-dealkylation sites (N-methyl/N-ethyl adjacent to an activating group) is 1. The Hall–Kier alpha value is -1.60. The average molecular weight is 383 g/mol. The second-order valence-electron chi connectivity index (χ2n) is 7.99. The van der Waals surface area contributed by atoms with Crippen LogP contribution >= 0.6 is 0 Å². The molecule has 0 saturated carbocycles. The summed E-state index contributed by atoms with van der Waals surface area (Å²) >= 11 is 0. The maximum Gasteiger partial charge on any atom is 0.410 e. The molecule has 7 heteroatoms. The van der Waals surface area contributed by atoms with Gasteiger partial charge in [0.15, 0.2) is 0 Å². The zero-order valence-electron chi connectivity index (χ0n) is 16.4. The van der Waals surface area contributed by atoms with Gasteiger partial charge in [0.2, 0.25) is 10.0 Å². The van der Waals surface area contributed by atoms with Crippen molar-refractivity contribution in [2.75, 3.05) is 20.1 Å². The van der Waals surface area contributed by atoms with Crippen LogP contribution in [0.1, 0.15) is 44.7 Å². The number of benzene rings is 1. The van der Waals surface area contributed by atoms with Gasteiger partial charge in [0.1, 0.15) is 5.60 Å². The molecule has 1 saturated heterocycles. The van der Waals surface area contributed by atoms with E-state index in [1.54, 1.807) is 7.05 Å². The highest BCUT2D eigenvalue weighted by atomic mass is 32.2. The minimum atomic E-state index is -3.43. The summed E-state index contributed by atoms with van der Waals surface area (Å²) < 4.78 is 32.6. The highest BCUT2D eigenvalue weighted by molar-refractivity contribution is 7.88. The van der Waals surface area contributed by atoms with Gasteiger partial charge in [0, 0.05) is 26.2 Å². The Morgan fingerprint density at radius 3 is 2.65 bits per heavy atom. The predicted molar refractivity (Wildman–Crippen MR) is 102 cm³/mol. The molecule has 1 aliphatic heterocycles. The third-order valence-electron chi connectivity index (χ3n) is 4.41. The Kier molecular flexibility index (Phi) is 6.34. The first-order chi connectivity index (χ1) is 12.0. The zero-order chi connectivity index (χ0) is 19.5. The maximum atomic E-state index is 12.8. The molecule has 1 heterocycles. The van der Waals surface area contributed by atoms with Gasteiger partial charge >= 0.3 is 6.09 Å². The SMILES string of the molecule is Cc1cccc(CS(=O)(=O)N2CCCC(N(C)C(=O)OC(C)(C)C)C2)c1. The Balaban J connectivity index is 2.05. The number of ether oxygens (including phenoxy) is 1. The van der Waals surface area contributed by atoms with Crippen LogP contribution in [0.25, 0.3) is 0 Å². The lowest BCUT2D eigenvalue weighted by atomic mass is 10.1. The Labute approximate surface area is 157 Å². The van der Waals surface area contributed by atoms with E-state index in [4.69, 9.17) is 4.74 Å². The van der Waals surface area contributed by atoms with Gasteiger partial charge in [-0.2, -0.15) is 4.31 Å². The van der Waals surface area contributed by atoms with Gasteiger partial charge in [0.05, 0.1) is 5.75 Å². The van der Waals surface area contributed by atoms with Crippen LogP contribution in [-0.4, -0.2) is 55.5 Å².